The van der Waals surface area contributed by atoms with Crippen molar-refractivity contribution in [1.82, 2.24) is 33.0 Å². The Morgan fingerprint density at radius 3 is 2.71 bits per heavy atom. The van der Waals surface area contributed by atoms with Gasteiger partial charge < -0.3 is 4.74 Å². The van der Waals surface area contributed by atoms with Crippen LogP contribution in [0.25, 0.3) is 28.1 Å². The Morgan fingerprint density at radius 2 is 1.95 bits per heavy atom. The number of rotatable bonds is 7. The number of aromatic nitrogens is 6. The lowest BCUT2D eigenvalue weighted by molar-refractivity contribution is 0.238. The van der Waals surface area contributed by atoms with E-state index in [4.69, 9.17) is 9.72 Å². The Balaban J connectivity index is 1.53. The first-order valence-electron chi connectivity index (χ1n) is 13.0. The molecule has 1 aliphatic rings. The number of aryl methyl sites for hydroxylation is 1. The van der Waals surface area contributed by atoms with E-state index in [1.807, 2.05) is 0 Å². The molecule has 0 fully saturated rings. The molecule has 1 aliphatic heterocycles. The third kappa shape index (κ3) is 4.58. The average Bonchev–Trinajstić information content (AvgIpc) is 3.51. The average molecular weight is 595 g/mol. The van der Waals surface area contributed by atoms with Crippen LogP contribution in [0.15, 0.2) is 47.7 Å². The molecule has 0 bridgehead atoms. The predicted octanol–water partition coefficient (Wildman–Crippen LogP) is 2.74. The van der Waals surface area contributed by atoms with Crippen LogP contribution < -0.4 is 10.4 Å². The van der Waals surface area contributed by atoms with Gasteiger partial charge in [0.1, 0.15) is 17.7 Å². The maximum absolute atomic E-state index is 15.2. The third-order valence-corrected chi connectivity index (χ3v) is 8.70. The van der Waals surface area contributed by atoms with Crippen molar-refractivity contribution >= 4 is 32.2 Å². The van der Waals surface area contributed by atoms with Crippen LogP contribution in [0.1, 0.15) is 30.0 Å². The molecule has 0 saturated carbocycles. The topological polar surface area (TPSA) is 141 Å². The van der Waals surface area contributed by atoms with Crippen molar-refractivity contribution in [2.45, 2.75) is 25.4 Å². The molecule has 216 valence electrons. The second-order valence-electron chi connectivity index (χ2n) is 9.98. The number of fused-ring (bicyclic) bond motifs is 3. The van der Waals surface area contributed by atoms with Gasteiger partial charge in [-0.25, -0.2) is 36.3 Å². The summed E-state index contributed by atoms with van der Waals surface area (Å²) in [5, 5.41) is 9.37. The van der Waals surface area contributed by atoms with Crippen molar-refractivity contribution < 1.29 is 21.9 Å². The fraction of sp³-hybridized carbons (Fsp3) is 0.296. The molecule has 1 atom stereocenters. The Kier molecular flexibility index (Phi) is 6.74. The molecular weight excluding hydrogens is 570 g/mol. The number of nitrogens with zero attached hydrogens (tertiary/aromatic N) is 8. The Hall–Kier alpha value is -4.68. The predicted molar refractivity (Wildman–Crippen MR) is 148 cm³/mol. The Labute approximate surface area is 238 Å². The molecule has 3 aromatic heterocycles. The first kappa shape index (κ1) is 27.5. The molecule has 0 amide bonds. The number of sulfonamides is 1. The van der Waals surface area contributed by atoms with E-state index in [1.54, 1.807) is 22.8 Å². The zero-order chi connectivity index (χ0) is 29.8. The summed E-state index contributed by atoms with van der Waals surface area (Å²) in [5.74, 6) is -1.58. The highest BCUT2D eigenvalue weighted by Crippen LogP contribution is 2.39. The van der Waals surface area contributed by atoms with Gasteiger partial charge in [-0.1, -0.05) is 0 Å². The van der Waals surface area contributed by atoms with Crippen molar-refractivity contribution in [3.8, 4) is 17.8 Å². The number of imidazole rings is 2. The van der Waals surface area contributed by atoms with Gasteiger partial charge in [-0.2, -0.15) is 10.2 Å². The van der Waals surface area contributed by atoms with Gasteiger partial charge in [0.15, 0.2) is 17.2 Å². The molecule has 15 heteroatoms. The monoisotopic (exact) mass is 594 g/mol. The van der Waals surface area contributed by atoms with E-state index < -0.39 is 33.4 Å². The SMILES string of the molecule is CN(CCCn1c(=O)n(C2CCOc3c(F)ccc(F)c32)c2nc(-n3cnc4ccc(C#N)cc43)ncc21)S(C)(=O)=O. The maximum atomic E-state index is 15.2. The summed E-state index contributed by atoms with van der Waals surface area (Å²) in [7, 11) is -1.98. The van der Waals surface area contributed by atoms with Crippen molar-refractivity contribution in [2.75, 3.05) is 26.5 Å². The van der Waals surface area contributed by atoms with Gasteiger partial charge in [0, 0.05) is 26.6 Å². The van der Waals surface area contributed by atoms with Crippen molar-refractivity contribution in [2.24, 2.45) is 0 Å². The summed E-state index contributed by atoms with van der Waals surface area (Å²) in [6.07, 6.45) is 4.50. The first-order valence-corrected chi connectivity index (χ1v) is 14.8. The normalized spacial score (nSPS) is 15.2. The van der Waals surface area contributed by atoms with Crippen LogP contribution in [0.3, 0.4) is 0 Å². The lowest BCUT2D eigenvalue weighted by atomic mass is 9.99. The molecule has 12 nitrogen and oxygen atoms in total. The van der Waals surface area contributed by atoms with Crippen LogP contribution in [-0.4, -0.2) is 67.8 Å². The smallest absolute Gasteiger partial charge is 0.330 e. The van der Waals surface area contributed by atoms with E-state index in [2.05, 4.69) is 16.0 Å². The lowest BCUT2D eigenvalue weighted by Crippen LogP contribution is -2.33. The standard InChI is InChI=1S/C27H24F2N8O4S/c1-34(42(2,39)40)9-3-10-35-22-14-31-26(36-15-32-19-7-4-16(13-30)12-21(19)36)33-25(22)37(27(35)38)20-8-11-41-24-18(29)6-5-17(28)23(20)24/h4-7,12,14-15,20H,3,8-11H2,1-2H3. The largest absolute Gasteiger partial charge is 0.490 e. The van der Waals surface area contributed by atoms with Crippen LogP contribution >= 0.6 is 0 Å². The Bertz CT molecular complexity index is 2080. The second kappa shape index (κ2) is 10.3. The first-order chi connectivity index (χ1) is 20.1. The number of benzene rings is 2. The van der Waals surface area contributed by atoms with E-state index in [9.17, 15) is 22.9 Å². The van der Waals surface area contributed by atoms with E-state index >= 15 is 4.39 Å². The summed E-state index contributed by atoms with van der Waals surface area (Å²) in [6.45, 7) is 0.308. The zero-order valence-corrected chi connectivity index (χ0v) is 23.3. The molecular formula is C27H24F2N8O4S. The van der Waals surface area contributed by atoms with Crippen LogP contribution in [0, 0.1) is 23.0 Å². The van der Waals surface area contributed by atoms with Gasteiger partial charge in [-0.3, -0.25) is 13.7 Å². The zero-order valence-electron chi connectivity index (χ0n) is 22.5. The molecule has 6 rings (SSSR count). The van der Waals surface area contributed by atoms with Crippen LogP contribution in [0.5, 0.6) is 5.75 Å². The van der Waals surface area contributed by atoms with E-state index in [0.717, 1.165) is 18.4 Å². The summed E-state index contributed by atoms with van der Waals surface area (Å²) >= 11 is 0. The summed E-state index contributed by atoms with van der Waals surface area (Å²) in [6, 6.07) is 8.08. The van der Waals surface area contributed by atoms with Gasteiger partial charge in [0.2, 0.25) is 16.0 Å². The minimum Gasteiger partial charge on any atom is -0.490 e. The van der Waals surface area contributed by atoms with Gasteiger partial charge in [-0.15, -0.1) is 0 Å². The molecule has 4 heterocycles. The van der Waals surface area contributed by atoms with E-state index in [0.29, 0.717) is 28.5 Å². The molecule has 5 aromatic rings. The number of hydrogen-bond donors (Lipinski definition) is 0. The molecule has 0 N–H and O–H groups in total. The Morgan fingerprint density at radius 1 is 1.17 bits per heavy atom. The highest BCUT2D eigenvalue weighted by molar-refractivity contribution is 7.88. The molecule has 42 heavy (non-hydrogen) atoms. The number of nitriles is 1. The molecule has 0 spiro atoms. The van der Waals surface area contributed by atoms with Crippen molar-refractivity contribution in [3.63, 3.8) is 0 Å². The second-order valence-corrected chi connectivity index (χ2v) is 12.1. The third-order valence-electron chi connectivity index (χ3n) is 7.38. The van der Waals surface area contributed by atoms with E-state index in [1.165, 1.54) is 33.0 Å². The van der Waals surface area contributed by atoms with Gasteiger partial charge in [-0.05, 0) is 36.8 Å². The van der Waals surface area contributed by atoms with Gasteiger partial charge in [0.25, 0.3) is 0 Å². The molecule has 0 radical (unpaired) electrons. The quantitative estimate of drug-likeness (QED) is 0.280. The summed E-state index contributed by atoms with van der Waals surface area (Å²) in [5.41, 5.74) is 1.43. The lowest BCUT2D eigenvalue weighted by Gasteiger charge is -2.27. The van der Waals surface area contributed by atoms with Gasteiger partial charge >= 0.3 is 5.69 Å². The van der Waals surface area contributed by atoms with Gasteiger partial charge in [0.05, 0.1) is 53.3 Å². The fourth-order valence-electron chi connectivity index (χ4n) is 5.20. The maximum Gasteiger partial charge on any atom is 0.330 e. The fourth-order valence-corrected chi connectivity index (χ4v) is 5.66. The van der Waals surface area contributed by atoms with Crippen molar-refractivity contribution in [1.29, 1.82) is 5.26 Å². The highest BCUT2D eigenvalue weighted by atomic mass is 32.2. The van der Waals surface area contributed by atoms with Crippen LogP contribution in [-0.2, 0) is 16.6 Å². The minimum absolute atomic E-state index is 0.0390. The van der Waals surface area contributed by atoms with E-state index in [-0.39, 0.29) is 49.0 Å². The summed E-state index contributed by atoms with van der Waals surface area (Å²) in [4.78, 5) is 27.5. The number of hydrogen-bond acceptors (Lipinski definition) is 8. The van der Waals surface area contributed by atoms with Crippen LogP contribution in [0.2, 0.25) is 0 Å². The number of ether oxygens (including phenoxy) is 1. The van der Waals surface area contributed by atoms with Crippen LogP contribution in [0.4, 0.5) is 8.78 Å². The highest BCUT2D eigenvalue weighted by Gasteiger charge is 2.33. The molecule has 0 aliphatic carbocycles. The minimum atomic E-state index is -3.42. The van der Waals surface area contributed by atoms with Crippen molar-refractivity contribution in [3.05, 3.63) is 76.1 Å². The molecule has 0 saturated heterocycles. The molecule has 1 unspecified atom stereocenters. The molecule has 2 aromatic carbocycles. The number of halogens is 2. The summed E-state index contributed by atoms with van der Waals surface area (Å²) < 4.78 is 64.5.